The molecule has 0 aliphatic carbocycles. The van der Waals surface area contributed by atoms with Gasteiger partial charge >= 0.3 is 0 Å². The molecule has 8 heteroatoms. The number of hydrogen-bond donors (Lipinski definition) is 1. The van der Waals surface area contributed by atoms with Gasteiger partial charge in [0.25, 0.3) is 5.95 Å². The van der Waals surface area contributed by atoms with Crippen molar-refractivity contribution in [2.45, 2.75) is 25.3 Å². The fourth-order valence-electron chi connectivity index (χ4n) is 2.40. The molecule has 3 heterocycles. The topological polar surface area (TPSA) is 80.0 Å². The second kappa shape index (κ2) is 5.72. The van der Waals surface area contributed by atoms with Gasteiger partial charge in [-0.05, 0) is 36.9 Å². The van der Waals surface area contributed by atoms with Gasteiger partial charge in [0.15, 0.2) is 0 Å². The lowest BCUT2D eigenvalue weighted by Crippen LogP contribution is -2.43. The zero-order valence-electron chi connectivity index (χ0n) is 10.9. The largest absolute Gasteiger partial charge is 0.394 e. The minimum atomic E-state index is 0.0349. The summed E-state index contributed by atoms with van der Waals surface area (Å²) in [7, 11) is 0. The number of aliphatic hydroxyl groups excluding tert-OH is 1. The smallest absolute Gasteiger partial charge is 0.256 e. The Morgan fingerprint density at radius 2 is 2.10 bits per heavy atom. The van der Waals surface area contributed by atoms with Crippen LogP contribution >= 0.6 is 11.6 Å². The van der Waals surface area contributed by atoms with E-state index < -0.39 is 0 Å². The quantitative estimate of drug-likeness (QED) is 0.912. The van der Waals surface area contributed by atoms with Crippen molar-refractivity contribution in [3.05, 3.63) is 23.7 Å². The Kier molecular flexibility index (Phi) is 3.79. The third kappa shape index (κ3) is 2.59. The zero-order valence-corrected chi connectivity index (χ0v) is 11.6. The van der Waals surface area contributed by atoms with Gasteiger partial charge in [-0.2, -0.15) is 20.1 Å². The molecule has 2 aromatic rings. The van der Waals surface area contributed by atoms with Crippen LogP contribution in [0, 0.1) is 0 Å². The average molecular weight is 295 g/mol. The Morgan fingerprint density at radius 3 is 2.85 bits per heavy atom. The average Bonchev–Trinajstić information content (AvgIpc) is 3.01. The van der Waals surface area contributed by atoms with Crippen molar-refractivity contribution in [1.29, 1.82) is 0 Å². The van der Waals surface area contributed by atoms with E-state index in [4.69, 9.17) is 11.6 Å². The van der Waals surface area contributed by atoms with Crippen molar-refractivity contribution < 1.29 is 5.11 Å². The van der Waals surface area contributed by atoms with Crippen LogP contribution in [-0.4, -0.2) is 49.0 Å². The summed E-state index contributed by atoms with van der Waals surface area (Å²) in [5, 5.41) is 13.7. The van der Waals surface area contributed by atoms with Crippen molar-refractivity contribution in [1.82, 2.24) is 24.7 Å². The van der Waals surface area contributed by atoms with E-state index in [1.54, 1.807) is 18.5 Å². The first kappa shape index (κ1) is 13.3. The summed E-state index contributed by atoms with van der Waals surface area (Å²) < 4.78 is 1.54. The second-order valence-electron chi connectivity index (χ2n) is 4.68. The SMILES string of the molecule is OCC1CCCCN1c1nc(Cl)nc(-n2cccn2)n1. The molecular formula is C12H15ClN6O. The lowest BCUT2D eigenvalue weighted by atomic mass is 10.0. The van der Waals surface area contributed by atoms with Gasteiger partial charge < -0.3 is 10.0 Å². The lowest BCUT2D eigenvalue weighted by Gasteiger charge is -2.34. The minimum Gasteiger partial charge on any atom is -0.394 e. The maximum absolute atomic E-state index is 9.48. The number of anilines is 1. The normalized spacial score (nSPS) is 19.3. The van der Waals surface area contributed by atoms with E-state index in [2.05, 4.69) is 20.1 Å². The molecule has 106 valence electrons. The fourth-order valence-corrected chi connectivity index (χ4v) is 2.55. The Balaban J connectivity index is 1.96. The zero-order chi connectivity index (χ0) is 13.9. The van der Waals surface area contributed by atoms with Crippen molar-refractivity contribution in [2.75, 3.05) is 18.1 Å². The van der Waals surface area contributed by atoms with E-state index in [9.17, 15) is 5.11 Å². The summed E-state index contributed by atoms with van der Waals surface area (Å²) in [5.41, 5.74) is 0. The van der Waals surface area contributed by atoms with Gasteiger partial charge in [0.05, 0.1) is 12.6 Å². The van der Waals surface area contributed by atoms with Crippen LogP contribution in [-0.2, 0) is 0 Å². The highest BCUT2D eigenvalue weighted by molar-refractivity contribution is 6.28. The predicted octanol–water partition coefficient (Wildman–Crippen LogP) is 1.06. The number of rotatable bonds is 3. The summed E-state index contributed by atoms with van der Waals surface area (Å²) in [6.45, 7) is 0.893. The van der Waals surface area contributed by atoms with E-state index in [0.29, 0.717) is 11.9 Å². The van der Waals surface area contributed by atoms with E-state index in [-0.39, 0.29) is 17.9 Å². The summed E-state index contributed by atoms with van der Waals surface area (Å²) in [6.07, 6.45) is 6.48. The standard InChI is InChI=1S/C12H15ClN6O/c13-10-15-11(18-6-2-1-4-9(18)8-20)17-12(16-10)19-7-3-5-14-19/h3,5,7,9,20H,1-2,4,6,8H2. The first-order valence-electron chi connectivity index (χ1n) is 6.57. The Bertz CT molecular complexity index is 575. The molecule has 1 unspecified atom stereocenters. The van der Waals surface area contributed by atoms with Crippen LogP contribution in [0.2, 0.25) is 5.28 Å². The number of nitrogens with zero attached hydrogens (tertiary/aromatic N) is 6. The summed E-state index contributed by atoms with van der Waals surface area (Å²) in [4.78, 5) is 14.7. The predicted molar refractivity (Wildman–Crippen MR) is 74.0 cm³/mol. The molecule has 1 aliphatic heterocycles. The molecule has 0 amide bonds. The molecule has 0 bridgehead atoms. The molecule has 2 aromatic heterocycles. The molecule has 1 saturated heterocycles. The van der Waals surface area contributed by atoms with Crippen molar-refractivity contribution in [3.8, 4) is 5.95 Å². The number of halogens is 1. The van der Waals surface area contributed by atoms with Gasteiger partial charge in [-0.25, -0.2) is 4.68 Å². The first-order valence-corrected chi connectivity index (χ1v) is 6.95. The maximum atomic E-state index is 9.48. The molecule has 7 nitrogen and oxygen atoms in total. The van der Waals surface area contributed by atoms with Crippen molar-refractivity contribution in [3.63, 3.8) is 0 Å². The van der Waals surface area contributed by atoms with Crippen LogP contribution < -0.4 is 4.90 Å². The van der Waals surface area contributed by atoms with Gasteiger partial charge in [0.1, 0.15) is 0 Å². The Hall–Kier alpha value is -1.73. The summed E-state index contributed by atoms with van der Waals surface area (Å²) >= 11 is 5.98. The Morgan fingerprint density at radius 1 is 1.25 bits per heavy atom. The summed E-state index contributed by atoms with van der Waals surface area (Å²) in [5.74, 6) is 0.876. The summed E-state index contributed by atoms with van der Waals surface area (Å²) in [6, 6.07) is 1.82. The van der Waals surface area contributed by atoms with Crippen LogP contribution in [0.15, 0.2) is 18.5 Å². The van der Waals surface area contributed by atoms with Crippen LogP contribution in [0.4, 0.5) is 5.95 Å². The van der Waals surface area contributed by atoms with E-state index in [1.807, 2.05) is 4.90 Å². The van der Waals surface area contributed by atoms with E-state index in [1.165, 1.54) is 4.68 Å². The van der Waals surface area contributed by atoms with Gasteiger partial charge in [-0.15, -0.1) is 0 Å². The highest BCUT2D eigenvalue weighted by atomic mass is 35.5. The first-order chi connectivity index (χ1) is 9.78. The molecule has 1 fully saturated rings. The molecule has 1 N–H and O–H groups in total. The number of aliphatic hydroxyl groups is 1. The van der Waals surface area contributed by atoms with Crippen molar-refractivity contribution in [2.24, 2.45) is 0 Å². The second-order valence-corrected chi connectivity index (χ2v) is 5.02. The highest BCUT2D eigenvalue weighted by Crippen LogP contribution is 2.22. The molecule has 1 atom stereocenters. The number of hydrogen-bond acceptors (Lipinski definition) is 6. The molecule has 20 heavy (non-hydrogen) atoms. The van der Waals surface area contributed by atoms with E-state index in [0.717, 1.165) is 25.8 Å². The molecule has 0 aromatic carbocycles. The molecule has 0 radical (unpaired) electrons. The highest BCUT2D eigenvalue weighted by Gasteiger charge is 2.25. The van der Waals surface area contributed by atoms with Crippen LogP contribution in [0.25, 0.3) is 5.95 Å². The third-order valence-electron chi connectivity index (χ3n) is 3.39. The number of aromatic nitrogens is 5. The third-order valence-corrected chi connectivity index (χ3v) is 3.56. The fraction of sp³-hybridized carbons (Fsp3) is 0.500. The molecule has 1 aliphatic rings. The molecule has 0 saturated carbocycles. The van der Waals surface area contributed by atoms with Crippen LogP contribution in [0.3, 0.4) is 0 Å². The Labute approximate surface area is 121 Å². The van der Waals surface area contributed by atoms with Crippen LogP contribution in [0.5, 0.6) is 0 Å². The molecule has 3 rings (SSSR count). The number of piperidine rings is 1. The lowest BCUT2D eigenvalue weighted by molar-refractivity contribution is 0.238. The monoisotopic (exact) mass is 294 g/mol. The van der Waals surface area contributed by atoms with E-state index >= 15 is 0 Å². The van der Waals surface area contributed by atoms with Gasteiger partial charge in [-0.3, -0.25) is 0 Å². The van der Waals surface area contributed by atoms with Gasteiger partial charge in [0, 0.05) is 18.9 Å². The van der Waals surface area contributed by atoms with Gasteiger partial charge in [-0.1, -0.05) is 0 Å². The molecule has 0 spiro atoms. The van der Waals surface area contributed by atoms with Crippen LogP contribution in [0.1, 0.15) is 19.3 Å². The minimum absolute atomic E-state index is 0.0349. The van der Waals surface area contributed by atoms with Crippen molar-refractivity contribution >= 4 is 17.5 Å². The maximum Gasteiger partial charge on any atom is 0.256 e. The van der Waals surface area contributed by atoms with Gasteiger partial charge in [0.2, 0.25) is 11.2 Å². The molecular weight excluding hydrogens is 280 g/mol.